The third-order valence-electron chi connectivity index (χ3n) is 2.84. The highest BCUT2D eigenvalue weighted by atomic mass is 32.1. The van der Waals surface area contributed by atoms with Crippen molar-refractivity contribution < 1.29 is 18.5 Å². The van der Waals surface area contributed by atoms with Crippen molar-refractivity contribution in [2.45, 2.75) is 51.7 Å². The topological polar surface area (TPSA) is 44.8 Å². The van der Waals surface area contributed by atoms with Gasteiger partial charge in [-0.25, -0.2) is 4.79 Å². The van der Waals surface area contributed by atoms with Gasteiger partial charge in [-0.2, -0.15) is 0 Å². The van der Waals surface area contributed by atoms with Gasteiger partial charge in [0.05, 0.1) is 6.61 Å². The second-order valence-corrected chi connectivity index (χ2v) is 4.34. The number of rotatable bonds is 5. The summed E-state index contributed by atoms with van der Waals surface area (Å²) in [6.45, 7) is 2.30. The Kier molecular flexibility index (Phi) is 6.64. The molecule has 0 saturated heterocycles. The van der Waals surface area contributed by atoms with Crippen molar-refractivity contribution in [3.63, 3.8) is 0 Å². The summed E-state index contributed by atoms with van der Waals surface area (Å²) in [6.07, 6.45) is 5.34. The van der Waals surface area contributed by atoms with Crippen LogP contribution in [0.15, 0.2) is 0 Å². The Morgan fingerprint density at radius 1 is 1.38 bits per heavy atom. The van der Waals surface area contributed by atoms with Crippen molar-refractivity contribution in [1.82, 2.24) is 0 Å². The number of carbonyl (C=O) groups is 1. The van der Waals surface area contributed by atoms with Crippen molar-refractivity contribution >= 4 is 19.1 Å². The van der Waals surface area contributed by atoms with E-state index in [-0.39, 0.29) is 0 Å². The van der Waals surface area contributed by atoms with E-state index in [1.54, 1.807) is 0 Å². The van der Waals surface area contributed by atoms with Crippen molar-refractivity contribution in [3.8, 4) is 0 Å². The quantitative estimate of drug-likeness (QED) is 0.351. The average Bonchev–Trinajstić information content (AvgIpc) is 2.34. The van der Waals surface area contributed by atoms with Crippen LogP contribution in [0.4, 0.5) is 4.79 Å². The minimum absolute atomic E-state index is 0.460. The second-order valence-electron chi connectivity index (χ2n) is 4.13. The summed E-state index contributed by atoms with van der Waals surface area (Å²) < 4.78 is 14.6. The van der Waals surface area contributed by atoms with Gasteiger partial charge in [-0.3, -0.25) is 4.18 Å². The van der Waals surface area contributed by atoms with Gasteiger partial charge in [0.25, 0.3) is 0 Å². The molecule has 16 heavy (non-hydrogen) atoms. The SMILES string of the molecule is CCC(OS)OC(=O)OCC1CCCCC1. The molecule has 0 aromatic carbocycles. The van der Waals surface area contributed by atoms with Crippen LogP contribution in [-0.4, -0.2) is 19.1 Å². The summed E-state index contributed by atoms with van der Waals surface area (Å²) in [5.74, 6) is 0.498. The largest absolute Gasteiger partial charge is 0.510 e. The molecule has 0 N–H and O–H groups in total. The Morgan fingerprint density at radius 3 is 2.62 bits per heavy atom. The van der Waals surface area contributed by atoms with E-state index in [0.29, 0.717) is 18.9 Å². The van der Waals surface area contributed by atoms with Gasteiger partial charge in [-0.05, 0) is 31.7 Å². The fourth-order valence-corrected chi connectivity index (χ4v) is 2.05. The number of ether oxygens (including phenoxy) is 2. The lowest BCUT2D eigenvalue weighted by atomic mass is 9.90. The van der Waals surface area contributed by atoms with E-state index in [1.807, 2.05) is 6.92 Å². The van der Waals surface area contributed by atoms with E-state index < -0.39 is 12.4 Å². The Bertz CT molecular complexity index is 200. The number of hydrogen-bond donors (Lipinski definition) is 1. The fourth-order valence-electron chi connectivity index (χ4n) is 1.86. The highest BCUT2D eigenvalue weighted by molar-refractivity contribution is 7.75. The monoisotopic (exact) mass is 248 g/mol. The van der Waals surface area contributed by atoms with Crippen LogP contribution >= 0.6 is 12.9 Å². The molecule has 0 aromatic heterocycles. The molecule has 0 radical (unpaired) electrons. The molecule has 0 aliphatic heterocycles. The molecule has 1 unspecified atom stereocenters. The summed E-state index contributed by atoms with van der Waals surface area (Å²) in [5, 5.41) is 0. The molecule has 0 spiro atoms. The first kappa shape index (κ1) is 13.6. The molecule has 1 rings (SSSR count). The molecular formula is C11H20O4S. The summed E-state index contributed by atoms with van der Waals surface area (Å²) in [7, 11) is 0. The molecule has 0 amide bonds. The second kappa shape index (κ2) is 7.79. The minimum atomic E-state index is -0.661. The third kappa shape index (κ3) is 5.07. The van der Waals surface area contributed by atoms with E-state index in [2.05, 4.69) is 17.1 Å². The molecule has 94 valence electrons. The molecule has 1 atom stereocenters. The highest BCUT2D eigenvalue weighted by Gasteiger charge is 2.18. The zero-order valence-electron chi connectivity index (χ0n) is 9.68. The molecule has 5 heteroatoms. The minimum Gasteiger partial charge on any atom is -0.434 e. The first-order valence-corrected chi connectivity index (χ1v) is 6.26. The van der Waals surface area contributed by atoms with E-state index in [9.17, 15) is 4.79 Å². The van der Waals surface area contributed by atoms with Crippen LogP contribution in [0.5, 0.6) is 0 Å². The maximum absolute atomic E-state index is 11.3. The molecule has 4 nitrogen and oxygen atoms in total. The predicted molar refractivity (Wildman–Crippen MR) is 63.2 cm³/mol. The summed E-state index contributed by atoms with van der Waals surface area (Å²) >= 11 is 3.61. The zero-order valence-corrected chi connectivity index (χ0v) is 10.6. The molecule has 0 heterocycles. The van der Waals surface area contributed by atoms with E-state index >= 15 is 0 Å². The van der Waals surface area contributed by atoms with Gasteiger partial charge in [0, 0.05) is 6.42 Å². The van der Waals surface area contributed by atoms with E-state index in [0.717, 1.165) is 12.8 Å². The lowest BCUT2D eigenvalue weighted by molar-refractivity contribution is -0.0590. The Balaban J connectivity index is 2.13. The van der Waals surface area contributed by atoms with Gasteiger partial charge in [0.2, 0.25) is 6.29 Å². The fraction of sp³-hybridized carbons (Fsp3) is 0.909. The maximum atomic E-state index is 11.3. The summed E-state index contributed by atoms with van der Waals surface area (Å²) in [6, 6.07) is 0. The first-order chi connectivity index (χ1) is 7.76. The van der Waals surface area contributed by atoms with Crippen LogP contribution in [0.2, 0.25) is 0 Å². The summed E-state index contributed by atoms with van der Waals surface area (Å²) in [4.78, 5) is 11.3. The smallest absolute Gasteiger partial charge is 0.434 e. The van der Waals surface area contributed by atoms with Crippen LogP contribution in [-0.2, 0) is 13.7 Å². The lowest BCUT2D eigenvalue weighted by Gasteiger charge is -2.21. The van der Waals surface area contributed by atoms with Gasteiger partial charge < -0.3 is 9.47 Å². The van der Waals surface area contributed by atoms with Crippen LogP contribution in [0.25, 0.3) is 0 Å². The van der Waals surface area contributed by atoms with Crippen LogP contribution in [0, 0.1) is 5.92 Å². The van der Waals surface area contributed by atoms with Gasteiger partial charge in [-0.1, -0.05) is 26.2 Å². The lowest BCUT2D eigenvalue weighted by Crippen LogP contribution is -2.22. The number of hydrogen-bond acceptors (Lipinski definition) is 5. The first-order valence-electron chi connectivity index (χ1n) is 5.90. The van der Waals surface area contributed by atoms with Gasteiger partial charge in [0.1, 0.15) is 0 Å². The molecular weight excluding hydrogens is 228 g/mol. The predicted octanol–water partition coefficient (Wildman–Crippen LogP) is 3.32. The van der Waals surface area contributed by atoms with Crippen LogP contribution in [0.3, 0.4) is 0 Å². The van der Waals surface area contributed by atoms with Gasteiger partial charge in [-0.15, -0.1) is 0 Å². The average molecular weight is 248 g/mol. The summed E-state index contributed by atoms with van der Waals surface area (Å²) in [5.41, 5.74) is 0. The molecule has 0 bridgehead atoms. The van der Waals surface area contributed by atoms with E-state index in [4.69, 9.17) is 9.47 Å². The Morgan fingerprint density at radius 2 is 2.06 bits per heavy atom. The molecule has 0 aromatic rings. The Labute approximate surface area is 102 Å². The van der Waals surface area contributed by atoms with Crippen molar-refractivity contribution in [2.24, 2.45) is 5.92 Å². The zero-order chi connectivity index (χ0) is 11.8. The molecule has 1 fully saturated rings. The molecule has 1 saturated carbocycles. The number of thiol groups is 1. The van der Waals surface area contributed by atoms with Gasteiger partial charge >= 0.3 is 6.16 Å². The maximum Gasteiger partial charge on any atom is 0.510 e. The third-order valence-corrected chi connectivity index (χ3v) is 3.08. The van der Waals surface area contributed by atoms with Crippen LogP contribution < -0.4 is 0 Å². The molecule has 1 aliphatic carbocycles. The standard InChI is InChI=1S/C11H20O4S/c1-2-10(15-16)14-11(12)13-8-9-6-4-3-5-7-9/h9-10,16H,2-8H2,1H3. The van der Waals surface area contributed by atoms with E-state index in [1.165, 1.54) is 19.3 Å². The van der Waals surface area contributed by atoms with Crippen molar-refractivity contribution in [3.05, 3.63) is 0 Å². The molecule has 1 aliphatic rings. The Hall–Kier alpha value is -0.420. The van der Waals surface area contributed by atoms with Crippen molar-refractivity contribution in [1.29, 1.82) is 0 Å². The normalized spacial score (nSPS) is 19.1. The van der Waals surface area contributed by atoms with Crippen LogP contribution in [0.1, 0.15) is 45.4 Å². The number of carbonyl (C=O) groups excluding carboxylic acids is 1. The van der Waals surface area contributed by atoms with Gasteiger partial charge in [0.15, 0.2) is 0 Å². The highest BCUT2D eigenvalue weighted by Crippen LogP contribution is 2.23. The van der Waals surface area contributed by atoms with Crippen molar-refractivity contribution in [2.75, 3.05) is 6.61 Å².